The summed E-state index contributed by atoms with van der Waals surface area (Å²) in [5, 5.41) is 11.1. The lowest BCUT2D eigenvalue weighted by Gasteiger charge is -1.96. The molecule has 0 aliphatic carbocycles. The van der Waals surface area contributed by atoms with Crippen molar-refractivity contribution in [2.24, 2.45) is 0 Å². The first-order valence-corrected chi connectivity index (χ1v) is 4.19. The van der Waals surface area contributed by atoms with Crippen LogP contribution in [-0.2, 0) is 5.11 Å². The molecule has 0 aromatic heterocycles. The van der Waals surface area contributed by atoms with E-state index in [1.54, 1.807) is 24.3 Å². The van der Waals surface area contributed by atoms with Crippen LogP contribution in [0.3, 0.4) is 0 Å². The van der Waals surface area contributed by atoms with Gasteiger partial charge in [-0.2, -0.15) is 0 Å². The SMILES string of the molecule is [O]CC=Cc1ccc(Cl)c(Cl)c1. The van der Waals surface area contributed by atoms with Crippen LogP contribution in [0.4, 0.5) is 0 Å². The van der Waals surface area contributed by atoms with E-state index in [1.165, 1.54) is 6.08 Å². The van der Waals surface area contributed by atoms with E-state index in [9.17, 15) is 5.11 Å². The Morgan fingerprint density at radius 2 is 2.00 bits per heavy atom. The number of hydrogen-bond donors (Lipinski definition) is 0. The topological polar surface area (TPSA) is 19.9 Å². The summed E-state index contributed by atoms with van der Waals surface area (Å²) in [5.41, 5.74) is 0.889. The Kier molecular flexibility index (Phi) is 3.60. The third kappa shape index (κ3) is 2.52. The largest absolute Gasteiger partial charge is 0.232 e. The predicted octanol–water partition coefficient (Wildman–Crippen LogP) is 3.44. The second-order valence-electron chi connectivity index (χ2n) is 2.24. The summed E-state index contributed by atoms with van der Waals surface area (Å²) in [7, 11) is 0. The van der Waals surface area contributed by atoms with Gasteiger partial charge < -0.3 is 0 Å². The molecule has 1 aromatic rings. The molecular weight excluding hydrogens is 195 g/mol. The van der Waals surface area contributed by atoms with Gasteiger partial charge in [-0.1, -0.05) is 41.4 Å². The zero-order chi connectivity index (χ0) is 8.97. The van der Waals surface area contributed by atoms with Crippen LogP contribution in [0.15, 0.2) is 24.3 Å². The van der Waals surface area contributed by atoms with Crippen LogP contribution >= 0.6 is 23.2 Å². The molecule has 12 heavy (non-hydrogen) atoms. The van der Waals surface area contributed by atoms with Gasteiger partial charge in [-0.25, -0.2) is 5.11 Å². The van der Waals surface area contributed by atoms with Crippen LogP contribution in [0.25, 0.3) is 6.08 Å². The third-order valence-corrected chi connectivity index (χ3v) is 2.09. The molecule has 1 aromatic carbocycles. The molecule has 0 saturated heterocycles. The van der Waals surface area contributed by atoms with Gasteiger partial charge in [0.05, 0.1) is 10.0 Å². The standard InChI is InChI=1S/C9H7Cl2O/c10-8-4-3-7(2-1-5-12)6-9(8)11/h1-4,6H,5H2. The van der Waals surface area contributed by atoms with E-state index in [4.69, 9.17) is 23.2 Å². The Labute approximate surface area is 81.2 Å². The Hall–Kier alpha value is -0.500. The maximum absolute atomic E-state index is 10.1. The highest BCUT2D eigenvalue weighted by molar-refractivity contribution is 6.42. The number of benzene rings is 1. The van der Waals surface area contributed by atoms with Crippen molar-refractivity contribution in [1.29, 1.82) is 0 Å². The minimum Gasteiger partial charge on any atom is -0.232 e. The second-order valence-corrected chi connectivity index (χ2v) is 3.06. The summed E-state index contributed by atoms with van der Waals surface area (Å²) in [4.78, 5) is 0. The van der Waals surface area contributed by atoms with Crippen LogP contribution in [0.5, 0.6) is 0 Å². The first-order valence-electron chi connectivity index (χ1n) is 3.43. The molecule has 0 heterocycles. The van der Waals surface area contributed by atoms with Crippen LogP contribution in [0, 0.1) is 0 Å². The first kappa shape index (κ1) is 9.59. The Morgan fingerprint density at radius 1 is 1.25 bits per heavy atom. The molecule has 0 spiro atoms. The lowest BCUT2D eigenvalue weighted by Crippen LogP contribution is -1.74. The van der Waals surface area contributed by atoms with Crippen molar-refractivity contribution in [3.63, 3.8) is 0 Å². The summed E-state index contributed by atoms with van der Waals surface area (Å²) in [6, 6.07) is 5.23. The van der Waals surface area contributed by atoms with Crippen molar-refractivity contribution < 1.29 is 5.11 Å². The van der Waals surface area contributed by atoms with Crippen LogP contribution in [-0.4, -0.2) is 6.61 Å². The molecule has 63 valence electrons. The molecule has 0 bridgehead atoms. The Balaban J connectivity index is 2.89. The number of halogens is 2. The maximum Gasteiger partial charge on any atom is 0.101 e. The van der Waals surface area contributed by atoms with E-state index < -0.39 is 0 Å². The van der Waals surface area contributed by atoms with E-state index in [0.717, 1.165) is 5.56 Å². The normalized spacial score (nSPS) is 10.9. The molecule has 0 N–H and O–H groups in total. The average molecular weight is 202 g/mol. The molecule has 3 heteroatoms. The molecule has 0 atom stereocenters. The molecule has 0 aliphatic heterocycles. The monoisotopic (exact) mass is 201 g/mol. The molecule has 1 radical (unpaired) electrons. The van der Waals surface area contributed by atoms with E-state index in [2.05, 4.69) is 0 Å². The molecule has 0 aliphatic rings. The molecule has 0 saturated carbocycles. The van der Waals surface area contributed by atoms with E-state index >= 15 is 0 Å². The second kappa shape index (κ2) is 4.51. The van der Waals surface area contributed by atoms with Gasteiger partial charge in [0.2, 0.25) is 0 Å². The summed E-state index contributed by atoms with van der Waals surface area (Å²) in [5.74, 6) is 0. The fourth-order valence-electron chi connectivity index (χ4n) is 0.800. The maximum atomic E-state index is 10.1. The summed E-state index contributed by atoms with van der Waals surface area (Å²) >= 11 is 11.4. The summed E-state index contributed by atoms with van der Waals surface area (Å²) < 4.78 is 0. The summed E-state index contributed by atoms with van der Waals surface area (Å²) in [6.45, 7) is -0.222. The van der Waals surface area contributed by atoms with Gasteiger partial charge in [0, 0.05) is 0 Å². The van der Waals surface area contributed by atoms with Gasteiger partial charge in [0.25, 0.3) is 0 Å². The lowest BCUT2D eigenvalue weighted by molar-refractivity contribution is 0.233. The smallest absolute Gasteiger partial charge is 0.101 e. The van der Waals surface area contributed by atoms with Crippen molar-refractivity contribution in [2.45, 2.75) is 0 Å². The van der Waals surface area contributed by atoms with E-state index in [1.807, 2.05) is 0 Å². The Morgan fingerprint density at radius 3 is 2.58 bits per heavy atom. The lowest BCUT2D eigenvalue weighted by atomic mass is 10.2. The minimum atomic E-state index is -0.222. The van der Waals surface area contributed by atoms with Gasteiger partial charge in [0.1, 0.15) is 6.61 Å². The Bertz CT molecular complexity index is 295. The quantitative estimate of drug-likeness (QED) is 0.699. The van der Waals surface area contributed by atoms with Crippen molar-refractivity contribution >= 4 is 29.3 Å². The van der Waals surface area contributed by atoms with Crippen molar-refractivity contribution in [1.82, 2.24) is 0 Å². The number of rotatable bonds is 2. The molecular formula is C9H7Cl2O. The van der Waals surface area contributed by atoms with Crippen molar-refractivity contribution in [3.8, 4) is 0 Å². The molecule has 0 amide bonds. The highest BCUT2D eigenvalue weighted by atomic mass is 35.5. The molecule has 1 nitrogen and oxygen atoms in total. The highest BCUT2D eigenvalue weighted by Crippen LogP contribution is 2.22. The fraction of sp³-hybridized carbons (Fsp3) is 0.111. The van der Waals surface area contributed by atoms with E-state index in [0.29, 0.717) is 10.0 Å². The highest BCUT2D eigenvalue weighted by Gasteiger charge is 1.95. The summed E-state index contributed by atoms with van der Waals surface area (Å²) in [6.07, 6.45) is 3.24. The van der Waals surface area contributed by atoms with Crippen molar-refractivity contribution in [2.75, 3.05) is 6.61 Å². The fourth-order valence-corrected chi connectivity index (χ4v) is 1.11. The molecule has 0 fully saturated rings. The van der Waals surface area contributed by atoms with Gasteiger partial charge >= 0.3 is 0 Å². The van der Waals surface area contributed by atoms with Gasteiger partial charge in [-0.15, -0.1) is 0 Å². The number of hydrogen-bond acceptors (Lipinski definition) is 0. The van der Waals surface area contributed by atoms with Gasteiger partial charge in [-0.3, -0.25) is 0 Å². The van der Waals surface area contributed by atoms with Crippen LogP contribution in [0.1, 0.15) is 5.56 Å². The first-order chi connectivity index (χ1) is 5.74. The van der Waals surface area contributed by atoms with Gasteiger partial charge in [-0.05, 0) is 17.7 Å². The van der Waals surface area contributed by atoms with Crippen LogP contribution < -0.4 is 0 Å². The van der Waals surface area contributed by atoms with Crippen LogP contribution in [0.2, 0.25) is 10.0 Å². The zero-order valence-corrected chi connectivity index (χ0v) is 7.77. The van der Waals surface area contributed by atoms with E-state index in [-0.39, 0.29) is 6.61 Å². The average Bonchev–Trinajstić information content (AvgIpc) is 2.07. The van der Waals surface area contributed by atoms with Crippen molar-refractivity contribution in [3.05, 3.63) is 39.9 Å². The van der Waals surface area contributed by atoms with Gasteiger partial charge in [0.15, 0.2) is 0 Å². The molecule has 1 rings (SSSR count). The third-order valence-electron chi connectivity index (χ3n) is 1.35. The zero-order valence-electron chi connectivity index (χ0n) is 6.26. The minimum absolute atomic E-state index is 0.222. The molecule has 0 unspecified atom stereocenters. The predicted molar refractivity (Wildman–Crippen MR) is 51.0 cm³/mol.